The number of benzene rings is 1. The summed E-state index contributed by atoms with van der Waals surface area (Å²) in [5.41, 5.74) is 1.11. The van der Waals surface area contributed by atoms with Gasteiger partial charge in [0.1, 0.15) is 5.15 Å². The minimum atomic E-state index is -0.342. The Balaban J connectivity index is 2.25. The molecule has 1 N–H and O–H groups in total. The summed E-state index contributed by atoms with van der Waals surface area (Å²) in [4.78, 5) is 20.1. The second kappa shape index (κ2) is 5.86. The van der Waals surface area contributed by atoms with E-state index >= 15 is 0 Å². The van der Waals surface area contributed by atoms with Gasteiger partial charge in [0.25, 0.3) is 5.91 Å². The third kappa shape index (κ3) is 3.65. The van der Waals surface area contributed by atoms with Gasteiger partial charge in [-0.3, -0.25) is 10.1 Å². The summed E-state index contributed by atoms with van der Waals surface area (Å²) in [5.74, 6) is -0.179. The second-order valence-corrected chi connectivity index (χ2v) is 5.41. The number of rotatable bonds is 2. The van der Waals surface area contributed by atoms with Gasteiger partial charge in [-0.2, -0.15) is 0 Å². The average Bonchev–Trinajstić information content (AvgIpc) is 2.26. The molecule has 7 heteroatoms. The highest BCUT2D eigenvalue weighted by Gasteiger charge is 2.12. The van der Waals surface area contributed by atoms with Gasteiger partial charge in [-0.05, 0) is 47.1 Å². The molecule has 0 spiro atoms. The van der Waals surface area contributed by atoms with Gasteiger partial charge in [-0.1, -0.05) is 23.2 Å². The van der Waals surface area contributed by atoms with Crippen molar-refractivity contribution in [3.05, 3.63) is 50.2 Å². The van der Waals surface area contributed by atoms with Crippen molar-refractivity contribution < 1.29 is 4.79 Å². The number of aromatic nitrogens is 2. The van der Waals surface area contributed by atoms with Crippen LogP contribution in [-0.4, -0.2) is 15.9 Å². The fraction of sp³-hybridized carbons (Fsp3) is 0.0833. The van der Waals surface area contributed by atoms with Gasteiger partial charge < -0.3 is 0 Å². The minimum absolute atomic E-state index is 0.164. The highest BCUT2D eigenvalue weighted by Crippen LogP contribution is 2.22. The third-order valence-corrected chi connectivity index (χ3v) is 3.31. The lowest BCUT2D eigenvalue weighted by atomic mass is 10.2. The van der Waals surface area contributed by atoms with Crippen LogP contribution in [0, 0.1) is 6.92 Å². The van der Waals surface area contributed by atoms with E-state index in [1.807, 2.05) is 0 Å². The maximum absolute atomic E-state index is 12.1. The molecule has 19 heavy (non-hydrogen) atoms. The molecule has 0 saturated carbocycles. The van der Waals surface area contributed by atoms with Gasteiger partial charge in [-0.25, -0.2) is 9.97 Å². The molecule has 0 unspecified atom stereocenters. The first-order valence-corrected chi connectivity index (χ1v) is 6.78. The normalized spacial score (nSPS) is 10.3. The summed E-state index contributed by atoms with van der Waals surface area (Å²) < 4.78 is 0.594. The maximum atomic E-state index is 12.1. The summed E-state index contributed by atoms with van der Waals surface area (Å²) in [6.45, 7) is 1.77. The van der Waals surface area contributed by atoms with Crippen LogP contribution in [0.25, 0.3) is 0 Å². The third-order valence-electron chi connectivity index (χ3n) is 2.22. The lowest BCUT2D eigenvalue weighted by Crippen LogP contribution is -2.15. The zero-order valence-electron chi connectivity index (χ0n) is 9.75. The molecule has 4 nitrogen and oxygen atoms in total. The van der Waals surface area contributed by atoms with Gasteiger partial charge in [-0.15, -0.1) is 0 Å². The summed E-state index contributed by atoms with van der Waals surface area (Å²) >= 11 is 14.9. The molecule has 0 bridgehead atoms. The number of nitrogens with zero attached hydrogens (tertiary/aromatic N) is 2. The van der Waals surface area contributed by atoms with Crippen molar-refractivity contribution in [1.82, 2.24) is 9.97 Å². The maximum Gasteiger partial charge on any atom is 0.259 e. The molecule has 1 amide bonds. The second-order valence-electron chi connectivity index (χ2n) is 3.73. The molecule has 0 fully saturated rings. The Kier molecular flexibility index (Phi) is 4.39. The van der Waals surface area contributed by atoms with E-state index in [4.69, 9.17) is 23.2 Å². The monoisotopic (exact) mass is 359 g/mol. The first-order valence-electron chi connectivity index (χ1n) is 5.23. The molecule has 0 aliphatic carbocycles. The summed E-state index contributed by atoms with van der Waals surface area (Å²) in [6.07, 6.45) is 0. The van der Waals surface area contributed by atoms with Crippen LogP contribution in [0.15, 0.2) is 28.7 Å². The number of hydrogen-bond donors (Lipinski definition) is 1. The van der Waals surface area contributed by atoms with Gasteiger partial charge in [0, 0.05) is 15.2 Å². The number of anilines is 1. The number of carbonyl (C=O) groups is 1. The number of halogens is 3. The molecular formula is C12H8BrCl2N3O. The van der Waals surface area contributed by atoms with Crippen molar-refractivity contribution in [3.8, 4) is 0 Å². The fourth-order valence-electron chi connectivity index (χ4n) is 1.43. The van der Waals surface area contributed by atoms with Crippen LogP contribution in [0.4, 0.5) is 5.95 Å². The first kappa shape index (κ1) is 14.2. The highest BCUT2D eigenvalue weighted by molar-refractivity contribution is 9.10. The average molecular weight is 361 g/mol. The van der Waals surface area contributed by atoms with Gasteiger partial charge in [0.2, 0.25) is 5.95 Å². The van der Waals surface area contributed by atoms with E-state index in [0.29, 0.717) is 20.8 Å². The van der Waals surface area contributed by atoms with Crippen LogP contribution in [0.1, 0.15) is 16.1 Å². The van der Waals surface area contributed by atoms with Crippen molar-refractivity contribution in [2.24, 2.45) is 0 Å². The molecule has 0 saturated heterocycles. The number of amides is 1. The van der Waals surface area contributed by atoms with Gasteiger partial charge >= 0.3 is 0 Å². The molecule has 2 rings (SSSR count). The summed E-state index contributed by atoms with van der Waals surface area (Å²) in [6, 6.07) is 6.49. The van der Waals surface area contributed by atoms with Gasteiger partial charge in [0.15, 0.2) is 0 Å². The Bertz CT molecular complexity index is 629. The van der Waals surface area contributed by atoms with Crippen LogP contribution >= 0.6 is 39.1 Å². The molecular weight excluding hydrogens is 353 g/mol. The molecule has 2 aromatic rings. The van der Waals surface area contributed by atoms with Crippen LogP contribution in [0.2, 0.25) is 10.2 Å². The quantitative estimate of drug-likeness (QED) is 0.820. The zero-order chi connectivity index (χ0) is 14.0. The van der Waals surface area contributed by atoms with E-state index in [-0.39, 0.29) is 17.0 Å². The summed E-state index contributed by atoms with van der Waals surface area (Å²) in [5, 5.41) is 3.40. The molecule has 0 aliphatic heterocycles. The molecule has 0 radical (unpaired) electrons. The smallest absolute Gasteiger partial charge is 0.259 e. The van der Waals surface area contributed by atoms with Crippen molar-refractivity contribution >= 4 is 51.0 Å². The Labute approximate surface area is 128 Å². The van der Waals surface area contributed by atoms with Crippen LogP contribution in [0.3, 0.4) is 0 Å². The Hall–Kier alpha value is -1.17. The van der Waals surface area contributed by atoms with Crippen LogP contribution in [0.5, 0.6) is 0 Å². The predicted molar refractivity (Wildman–Crippen MR) is 78.9 cm³/mol. The standard InChI is InChI=1S/C12H8BrCl2N3O/c1-6-4-10(15)17-12(16-6)18-11(19)8-3-2-7(14)5-9(8)13/h2-5H,1H3,(H,16,17,18,19). The van der Waals surface area contributed by atoms with Crippen molar-refractivity contribution in [3.63, 3.8) is 0 Å². The van der Waals surface area contributed by atoms with E-state index < -0.39 is 0 Å². The largest absolute Gasteiger partial charge is 0.290 e. The van der Waals surface area contributed by atoms with Crippen LogP contribution in [-0.2, 0) is 0 Å². The Morgan fingerprint density at radius 3 is 2.63 bits per heavy atom. The fourth-order valence-corrected chi connectivity index (χ4v) is 2.53. The molecule has 1 heterocycles. The summed E-state index contributed by atoms with van der Waals surface area (Å²) in [7, 11) is 0. The molecule has 1 aromatic carbocycles. The molecule has 0 aliphatic rings. The number of carbonyl (C=O) groups excluding carboxylic acids is 1. The SMILES string of the molecule is Cc1cc(Cl)nc(NC(=O)c2ccc(Cl)cc2Br)n1. The Morgan fingerprint density at radius 2 is 2.00 bits per heavy atom. The van der Waals surface area contributed by atoms with E-state index in [2.05, 4.69) is 31.2 Å². The van der Waals surface area contributed by atoms with E-state index in [0.717, 1.165) is 0 Å². The number of nitrogens with one attached hydrogen (secondary N) is 1. The predicted octanol–water partition coefficient (Wildman–Crippen LogP) is 4.11. The number of aryl methyl sites for hydroxylation is 1. The first-order chi connectivity index (χ1) is 8.95. The topological polar surface area (TPSA) is 54.9 Å². The van der Waals surface area contributed by atoms with Crippen molar-refractivity contribution in [1.29, 1.82) is 0 Å². The zero-order valence-corrected chi connectivity index (χ0v) is 12.8. The molecule has 0 atom stereocenters. The molecule has 1 aromatic heterocycles. The lowest BCUT2D eigenvalue weighted by molar-refractivity contribution is 0.102. The highest BCUT2D eigenvalue weighted by atomic mass is 79.9. The minimum Gasteiger partial charge on any atom is -0.290 e. The van der Waals surface area contributed by atoms with Gasteiger partial charge in [0.05, 0.1) is 5.56 Å². The van der Waals surface area contributed by atoms with Crippen LogP contribution < -0.4 is 5.32 Å². The lowest BCUT2D eigenvalue weighted by Gasteiger charge is -2.06. The molecule has 98 valence electrons. The Morgan fingerprint density at radius 1 is 1.26 bits per heavy atom. The van der Waals surface area contributed by atoms with Crippen molar-refractivity contribution in [2.45, 2.75) is 6.92 Å². The van der Waals surface area contributed by atoms with Crippen molar-refractivity contribution in [2.75, 3.05) is 5.32 Å². The van der Waals surface area contributed by atoms with E-state index in [1.165, 1.54) is 0 Å². The number of hydrogen-bond acceptors (Lipinski definition) is 3. The van der Waals surface area contributed by atoms with E-state index in [1.54, 1.807) is 31.2 Å². The van der Waals surface area contributed by atoms with E-state index in [9.17, 15) is 4.79 Å².